The van der Waals surface area contributed by atoms with Crippen molar-refractivity contribution in [2.45, 2.75) is 6.18 Å². The van der Waals surface area contributed by atoms with Crippen LogP contribution in [0.1, 0.15) is 11.1 Å². The number of aromatic nitrogens is 1. The van der Waals surface area contributed by atoms with Crippen LogP contribution in [0.4, 0.5) is 24.0 Å². The van der Waals surface area contributed by atoms with E-state index in [0.29, 0.717) is 16.4 Å². The number of anilines is 1. The van der Waals surface area contributed by atoms with Crippen molar-refractivity contribution in [2.24, 2.45) is 15.3 Å². The molecule has 0 radical (unpaired) electrons. The van der Waals surface area contributed by atoms with Crippen molar-refractivity contribution >= 4 is 38.2 Å². The molecular weight excluding hydrogens is 411 g/mol. The van der Waals surface area contributed by atoms with E-state index in [1.54, 1.807) is 12.1 Å². The molecule has 0 saturated heterocycles. The van der Waals surface area contributed by atoms with Gasteiger partial charge in [0, 0.05) is 5.56 Å². The van der Waals surface area contributed by atoms with Crippen molar-refractivity contribution in [3.63, 3.8) is 0 Å². The number of hydrogen-bond acceptors (Lipinski definition) is 5. The van der Waals surface area contributed by atoms with Crippen LogP contribution < -0.4 is 5.43 Å². The molecule has 4 rings (SSSR count). The van der Waals surface area contributed by atoms with E-state index < -0.39 is 11.7 Å². The van der Waals surface area contributed by atoms with E-state index in [0.717, 1.165) is 22.3 Å². The lowest BCUT2D eigenvalue weighted by atomic mass is 10.1. The highest BCUT2D eigenvalue weighted by Gasteiger charge is 2.30. The second kappa shape index (κ2) is 8.42. The largest absolute Gasteiger partial charge is 0.416 e. The molecular formula is C21H14F3N5S. The van der Waals surface area contributed by atoms with E-state index in [9.17, 15) is 13.2 Å². The first-order valence-corrected chi connectivity index (χ1v) is 9.64. The smallest absolute Gasteiger partial charge is 0.276 e. The summed E-state index contributed by atoms with van der Waals surface area (Å²) in [5, 5.41) is 12.9. The van der Waals surface area contributed by atoms with Gasteiger partial charge in [-0.25, -0.2) is 4.98 Å². The number of amidine groups is 1. The third-order valence-electron chi connectivity index (χ3n) is 4.05. The van der Waals surface area contributed by atoms with Crippen molar-refractivity contribution in [2.75, 3.05) is 5.43 Å². The minimum absolute atomic E-state index is 0.131. The van der Waals surface area contributed by atoms with Gasteiger partial charge in [0.05, 0.1) is 21.5 Å². The van der Waals surface area contributed by atoms with Crippen LogP contribution in [0.25, 0.3) is 10.2 Å². The number of nitrogens with zero attached hydrogens (tertiary/aromatic N) is 4. The number of alkyl halides is 3. The van der Waals surface area contributed by atoms with Gasteiger partial charge in [-0.05, 0) is 36.4 Å². The maximum Gasteiger partial charge on any atom is 0.416 e. The maximum atomic E-state index is 12.9. The van der Waals surface area contributed by atoms with Crippen molar-refractivity contribution in [1.29, 1.82) is 0 Å². The number of fused-ring (bicyclic) bond motifs is 1. The molecule has 0 aliphatic rings. The summed E-state index contributed by atoms with van der Waals surface area (Å²) < 4.78 is 39.6. The molecule has 1 heterocycles. The molecule has 0 unspecified atom stereocenters. The second-order valence-corrected chi connectivity index (χ2v) is 7.16. The number of rotatable bonds is 4. The predicted molar refractivity (Wildman–Crippen MR) is 112 cm³/mol. The Morgan fingerprint density at radius 3 is 2.27 bits per heavy atom. The van der Waals surface area contributed by atoms with Gasteiger partial charge in [0.1, 0.15) is 0 Å². The Hall–Kier alpha value is -3.59. The van der Waals surface area contributed by atoms with Crippen LogP contribution in [-0.2, 0) is 6.18 Å². The fourth-order valence-corrected chi connectivity index (χ4v) is 3.36. The number of hydrazone groups is 1. The molecule has 150 valence electrons. The zero-order chi connectivity index (χ0) is 21.0. The highest BCUT2D eigenvalue weighted by Crippen LogP contribution is 2.30. The van der Waals surface area contributed by atoms with E-state index >= 15 is 0 Å². The van der Waals surface area contributed by atoms with Crippen molar-refractivity contribution < 1.29 is 13.2 Å². The molecule has 0 fully saturated rings. The Balaban J connectivity index is 1.65. The van der Waals surface area contributed by atoms with E-state index in [2.05, 4.69) is 25.7 Å². The third kappa shape index (κ3) is 4.69. The average Bonchev–Trinajstić information content (AvgIpc) is 3.17. The zero-order valence-electron chi connectivity index (χ0n) is 15.3. The maximum absolute atomic E-state index is 12.9. The molecule has 0 aliphatic carbocycles. The number of para-hydroxylation sites is 2. The first-order chi connectivity index (χ1) is 14.5. The summed E-state index contributed by atoms with van der Waals surface area (Å²) in [5.41, 5.74) is 3.99. The van der Waals surface area contributed by atoms with Crippen LogP contribution in [0.2, 0.25) is 0 Å². The summed E-state index contributed by atoms with van der Waals surface area (Å²) in [6.07, 6.45) is -4.42. The Morgan fingerprint density at radius 1 is 0.867 bits per heavy atom. The number of thiazole rings is 1. The van der Waals surface area contributed by atoms with Gasteiger partial charge < -0.3 is 0 Å². The zero-order valence-corrected chi connectivity index (χ0v) is 16.2. The van der Waals surface area contributed by atoms with Crippen LogP contribution in [-0.4, -0.2) is 10.8 Å². The van der Waals surface area contributed by atoms with Gasteiger partial charge in [0.2, 0.25) is 11.0 Å². The Morgan fingerprint density at radius 2 is 1.57 bits per heavy atom. The molecule has 0 saturated carbocycles. The second-order valence-electron chi connectivity index (χ2n) is 6.15. The van der Waals surface area contributed by atoms with Crippen LogP contribution in [0.5, 0.6) is 0 Å². The molecule has 9 heteroatoms. The molecule has 1 aromatic heterocycles. The molecule has 0 atom stereocenters. The molecule has 30 heavy (non-hydrogen) atoms. The Labute approximate surface area is 173 Å². The Bertz CT molecular complexity index is 1170. The third-order valence-corrected chi connectivity index (χ3v) is 4.97. The lowest BCUT2D eigenvalue weighted by Crippen LogP contribution is -2.06. The first-order valence-electron chi connectivity index (χ1n) is 8.83. The molecule has 0 amide bonds. The normalized spacial score (nSPS) is 12.6. The van der Waals surface area contributed by atoms with E-state index in [1.165, 1.54) is 23.5 Å². The fraction of sp³-hybridized carbons (Fsp3) is 0.0476. The quantitative estimate of drug-likeness (QED) is 0.168. The summed E-state index contributed by atoms with van der Waals surface area (Å²) in [6.45, 7) is 0. The van der Waals surface area contributed by atoms with Crippen LogP contribution in [0.15, 0.2) is 94.2 Å². The van der Waals surface area contributed by atoms with Gasteiger partial charge in [0.15, 0.2) is 0 Å². The summed E-state index contributed by atoms with van der Waals surface area (Å²) in [4.78, 5) is 4.38. The Kier molecular flexibility index (Phi) is 5.53. The van der Waals surface area contributed by atoms with Crippen molar-refractivity contribution in [3.05, 3.63) is 90.0 Å². The monoisotopic (exact) mass is 425 g/mol. The number of halogens is 3. The van der Waals surface area contributed by atoms with Gasteiger partial charge in [-0.3, -0.25) is 5.43 Å². The highest BCUT2D eigenvalue weighted by atomic mass is 32.1. The van der Waals surface area contributed by atoms with Crippen LogP contribution in [0, 0.1) is 0 Å². The van der Waals surface area contributed by atoms with Crippen LogP contribution in [0.3, 0.4) is 0 Å². The number of azo groups is 1. The minimum atomic E-state index is -4.42. The van der Waals surface area contributed by atoms with Crippen molar-refractivity contribution in [3.8, 4) is 0 Å². The topological polar surface area (TPSA) is 62.0 Å². The molecule has 0 aliphatic heterocycles. The van der Waals surface area contributed by atoms with Gasteiger partial charge in [0.25, 0.3) is 0 Å². The predicted octanol–water partition coefficient (Wildman–Crippen LogP) is 6.87. The SMILES string of the molecule is FC(F)(F)c1ccc(/C(N=Nc2nc3ccccc3s2)=N\Nc2ccccc2)cc1. The molecule has 3 aromatic carbocycles. The molecule has 0 spiro atoms. The average molecular weight is 425 g/mol. The van der Waals surface area contributed by atoms with Gasteiger partial charge in [-0.1, -0.05) is 53.8 Å². The first kappa shape index (κ1) is 19.7. The number of hydrogen-bond donors (Lipinski definition) is 1. The number of benzene rings is 3. The van der Waals surface area contributed by atoms with E-state index in [4.69, 9.17) is 0 Å². The summed E-state index contributed by atoms with van der Waals surface area (Å²) in [7, 11) is 0. The van der Waals surface area contributed by atoms with Gasteiger partial charge in [-0.15, -0.1) is 10.2 Å². The lowest BCUT2D eigenvalue weighted by molar-refractivity contribution is -0.137. The van der Waals surface area contributed by atoms with Gasteiger partial charge in [-0.2, -0.15) is 18.3 Å². The summed E-state index contributed by atoms with van der Waals surface area (Å²) in [5.74, 6) is 0.131. The number of nitrogens with one attached hydrogen (secondary N) is 1. The summed E-state index contributed by atoms with van der Waals surface area (Å²) in [6, 6.07) is 21.3. The molecule has 5 nitrogen and oxygen atoms in total. The standard InChI is InChI=1S/C21H14F3N5S/c22-21(23,24)15-12-10-14(11-13-15)19(27-26-16-6-2-1-3-7-16)28-29-20-25-17-8-4-5-9-18(17)30-20/h1-13,26H/b27-19+,29-28?. The van der Waals surface area contributed by atoms with E-state index in [1.807, 2.05) is 42.5 Å². The molecule has 1 N–H and O–H groups in total. The van der Waals surface area contributed by atoms with Crippen molar-refractivity contribution in [1.82, 2.24) is 4.98 Å². The van der Waals surface area contributed by atoms with E-state index in [-0.39, 0.29) is 5.84 Å². The molecule has 0 bridgehead atoms. The lowest BCUT2D eigenvalue weighted by Gasteiger charge is -2.07. The highest BCUT2D eigenvalue weighted by molar-refractivity contribution is 7.21. The molecule has 4 aromatic rings. The van der Waals surface area contributed by atoms with Crippen LogP contribution >= 0.6 is 11.3 Å². The summed E-state index contributed by atoms with van der Waals surface area (Å²) >= 11 is 1.36. The van der Waals surface area contributed by atoms with Gasteiger partial charge >= 0.3 is 6.18 Å². The minimum Gasteiger partial charge on any atom is -0.276 e. The fourth-order valence-electron chi connectivity index (χ4n) is 2.58.